The Hall–Kier alpha value is -3.14. The average molecular weight is 609 g/mol. The lowest BCUT2D eigenvalue weighted by Crippen LogP contribution is -2.51. The molecule has 3 aromatic carbocycles. The first-order chi connectivity index (χ1) is 18.8. The van der Waals surface area contributed by atoms with E-state index in [1.165, 1.54) is 4.90 Å². The molecule has 2 amide bonds. The van der Waals surface area contributed by atoms with Gasteiger partial charge < -0.3 is 10.2 Å². The molecule has 0 heterocycles. The number of aryl methyl sites for hydroxylation is 1. The summed E-state index contributed by atoms with van der Waals surface area (Å²) in [7, 11) is -4.28. The van der Waals surface area contributed by atoms with Crippen LogP contribution in [0.15, 0.2) is 71.6 Å². The van der Waals surface area contributed by atoms with E-state index in [0.717, 1.165) is 34.1 Å². The third-order valence-electron chi connectivity index (χ3n) is 6.19. The van der Waals surface area contributed by atoms with Gasteiger partial charge in [0.05, 0.1) is 20.6 Å². The Labute approximate surface area is 244 Å². The van der Waals surface area contributed by atoms with Crippen molar-refractivity contribution in [2.24, 2.45) is 5.92 Å². The van der Waals surface area contributed by atoms with E-state index in [2.05, 4.69) is 5.32 Å². The Morgan fingerprint density at radius 2 is 1.55 bits per heavy atom. The van der Waals surface area contributed by atoms with Crippen LogP contribution in [-0.4, -0.2) is 44.3 Å². The van der Waals surface area contributed by atoms with Gasteiger partial charge in [0.25, 0.3) is 10.0 Å². The van der Waals surface area contributed by atoms with Crippen molar-refractivity contribution in [2.45, 2.75) is 45.2 Å². The zero-order valence-electron chi connectivity index (χ0n) is 22.7. The minimum Gasteiger partial charge on any atom is -0.354 e. The van der Waals surface area contributed by atoms with Gasteiger partial charge in [0, 0.05) is 13.1 Å². The molecule has 1 N–H and O–H groups in total. The van der Waals surface area contributed by atoms with E-state index in [0.29, 0.717) is 17.1 Å². The van der Waals surface area contributed by atoms with E-state index in [-0.39, 0.29) is 34.0 Å². The Balaban J connectivity index is 2.02. The van der Waals surface area contributed by atoms with E-state index < -0.39 is 34.3 Å². The lowest BCUT2D eigenvalue weighted by Gasteiger charge is -2.32. The molecule has 3 rings (SSSR count). The van der Waals surface area contributed by atoms with Crippen LogP contribution in [0.5, 0.6) is 0 Å². The number of nitrogens with zero attached hydrogens (tertiary/aromatic N) is 2. The fourth-order valence-electron chi connectivity index (χ4n) is 3.84. The molecule has 7 nitrogen and oxygen atoms in total. The smallest absolute Gasteiger partial charge is 0.264 e. The second kappa shape index (κ2) is 13.5. The summed E-state index contributed by atoms with van der Waals surface area (Å²) in [5.41, 5.74) is 1.75. The van der Waals surface area contributed by atoms with Gasteiger partial charge in [-0.2, -0.15) is 0 Å². The highest BCUT2D eigenvalue weighted by atomic mass is 35.5. The zero-order valence-corrected chi connectivity index (χ0v) is 25.0. The molecular formula is C29H32Cl2FN3O4S. The van der Waals surface area contributed by atoms with E-state index in [1.54, 1.807) is 49.4 Å². The number of carbonyl (C=O) groups excluding carboxylic acids is 2. The van der Waals surface area contributed by atoms with Crippen LogP contribution in [0.25, 0.3) is 0 Å². The number of carbonyl (C=O) groups is 2. The first kappa shape index (κ1) is 31.4. The quantitative estimate of drug-likeness (QED) is 0.297. The van der Waals surface area contributed by atoms with Gasteiger partial charge in [-0.15, -0.1) is 0 Å². The molecule has 0 bridgehead atoms. The van der Waals surface area contributed by atoms with Gasteiger partial charge >= 0.3 is 0 Å². The largest absolute Gasteiger partial charge is 0.354 e. The van der Waals surface area contributed by atoms with Crippen molar-refractivity contribution in [2.75, 3.05) is 17.4 Å². The number of nitrogens with one attached hydrogen (secondary N) is 1. The molecule has 0 fully saturated rings. The second-order valence-corrected chi connectivity index (χ2v) is 12.6. The van der Waals surface area contributed by atoms with Crippen molar-refractivity contribution in [1.82, 2.24) is 10.2 Å². The molecule has 3 aromatic rings. The van der Waals surface area contributed by atoms with E-state index in [1.807, 2.05) is 20.8 Å². The maximum atomic E-state index is 13.9. The molecule has 0 unspecified atom stereocenters. The highest BCUT2D eigenvalue weighted by Gasteiger charge is 2.32. The van der Waals surface area contributed by atoms with Crippen LogP contribution in [0.4, 0.5) is 10.1 Å². The van der Waals surface area contributed by atoms with Crippen LogP contribution in [0.1, 0.15) is 31.9 Å². The number of rotatable bonds is 11. The molecule has 0 radical (unpaired) electrons. The molecule has 0 aliphatic carbocycles. The van der Waals surface area contributed by atoms with Crippen molar-refractivity contribution in [3.8, 4) is 0 Å². The van der Waals surface area contributed by atoms with Crippen LogP contribution in [0.3, 0.4) is 0 Å². The Morgan fingerprint density at radius 3 is 2.12 bits per heavy atom. The molecule has 11 heteroatoms. The number of halogens is 3. The number of amides is 2. The standard InChI is InChI=1S/C29H32Cl2FN3O4S/c1-19(2)16-33-29(37)21(4)34(17-22-7-14-26(30)27(31)15-22)28(36)18-35(24-10-5-20(3)6-11-24)40(38,39)25-12-8-23(32)9-13-25/h5-15,19,21H,16-18H2,1-4H3,(H,33,37)/t21-/m0/s1. The monoisotopic (exact) mass is 607 g/mol. The summed E-state index contributed by atoms with van der Waals surface area (Å²) in [6, 6.07) is 14.9. The van der Waals surface area contributed by atoms with Gasteiger partial charge in [-0.25, -0.2) is 12.8 Å². The number of benzene rings is 3. The van der Waals surface area contributed by atoms with Crippen molar-refractivity contribution < 1.29 is 22.4 Å². The molecule has 40 heavy (non-hydrogen) atoms. The number of hydrogen-bond donors (Lipinski definition) is 1. The fourth-order valence-corrected chi connectivity index (χ4v) is 5.58. The second-order valence-electron chi connectivity index (χ2n) is 9.89. The van der Waals surface area contributed by atoms with E-state index in [9.17, 15) is 22.4 Å². The van der Waals surface area contributed by atoms with Gasteiger partial charge in [0.2, 0.25) is 11.8 Å². The summed E-state index contributed by atoms with van der Waals surface area (Å²) in [6.07, 6.45) is 0. The van der Waals surface area contributed by atoms with Crippen LogP contribution >= 0.6 is 23.2 Å². The van der Waals surface area contributed by atoms with Crippen molar-refractivity contribution in [3.63, 3.8) is 0 Å². The zero-order chi connectivity index (χ0) is 29.6. The van der Waals surface area contributed by atoms with Gasteiger partial charge in [-0.3, -0.25) is 13.9 Å². The average Bonchev–Trinajstić information content (AvgIpc) is 2.91. The summed E-state index contributed by atoms with van der Waals surface area (Å²) in [4.78, 5) is 28.0. The van der Waals surface area contributed by atoms with E-state index in [4.69, 9.17) is 23.2 Å². The third kappa shape index (κ3) is 7.96. The first-order valence-electron chi connectivity index (χ1n) is 12.7. The molecule has 1 atom stereocenters. The lowest BCUT2D eigenvalue weighted by atomic mass is 10.1. The Bertz CT molecular complexity index is 1450. The van der Waals surface area contributed by atoms with Crippen LogP contribution in [0, 0.1) is 18.7 Å². The molecule has 0 saturated heterocycles. The molecule has 0 aromatic heterocycles. The summed E-state index contributed by atoms with van der Waals surface area (Å²) >= 11 is 12.2. The SMILES string of the molecule is Cc1ccc(N(CC(=O)N(Cc2ccc(Cl)c(Cl)c2)[C@@H](C)C(=O)NCC(C)C)S(=O)(=O)c2ccc(F)cc2)cc1. The van der Waals surface area contributed by atoms with Gasteiger partial charge in [0.1, 0.15) is 18.4 Å². The maximum absolute atomic E-state index is 13.9. The third-order valence-corrected chi connectivity index (χ3v) is 8.72. The number of sulfonamides is 1. The van der Waals surface area contributed by atoms with Crippen molar-refractivity contribution in [3.05, 3.63) is 93.7 Å². The molecule has 0 spiro atoms. The summed E-state index contributed by atoms with van der Waals surface area (Å²) in [6.45, 7) is 7.11. The maximum Gasteiger partial charge on any atom is 0.264 e. The first-order valence-corrected chi connectivity index (χ1v) is 14.8. The normalized spacial score (nSPS) is 12.2. The number of anilines is 1. The van der Waals surface area contributed by atoms with Crippen molar-refractivity contribution in [1.29, 1.82) is 0 Å². The predicted molar refractivity (Wildman–Crippen MR) is 156 cm³/mol. The summed E-state index contributed by atoms with van der Waals surface area (Å²) in [5.74, 6) is -1.41. The van der Waals surface area contributed by atoms with Crippen LogP contribution < -0.4 is 9.62 Å². The van der Waals surface area contributed by atoms with Gasteiger partial charge in [-0.1, -0.05) is 60.8 Å². The molecule has 0 saturated carbocycles. The summed E-state index contributed by atoms with van der Waals surface area (Å²) < 4.78 is 42.0. The van der Waals surface area contributed by atoms with Gasteiger partial charge in [-0.05, 0) is 73.9 Å². The highest BCUT2D eigenvalue weighted by Crippen LogP contribution is 2.26. The summed E-state index contributed by atoms with van der Waals surface area (Å²) in [5, 5.41) is 3.45. The molecule has 0 aliphatic rings. The topological polar surface area (TPSA) is 86.8 Å². The Kier molecular flexibility index (Phi) is 10.6. The van der Waals surface area contributed by atoms with Crippen molar-refractivity contribution >= 4 is 50.7 Å². The highest BCUT2D eigenvalue weighted by molar-refractivity contribution is 7.92. The molecular weight excluding hydrogens is 576 g/mol. The lowest BCUT2D eigenvalue weighted by molar-refractivity contribution is -0.139. The van der Waals surface area contributed by atoms with Gasteiger partial charge in [0.15, 0.2) is 0 Å². The fraction of sp³-hybridized carbons (Fsp3) is 0.310. The minimum atomic E-state index is -4.28. The van der Waals surface area contributed by atoms with E-state index >= 15 is 0 Å². The van der Waals surface area contributed by atoms with Crippen LogP contribution in [-0.2, 0) is 26.2 Å². The van der Waals surface area contributed by atoms with Crippen LogP contribution in [0.2, 0.25) is 10.0 Å². The predicted octanol–water partition coefficient (Wildman–Crippen LogP) is 5.83. The number of hydrogen-bond acceptors (Lipinski definition) is 4. The molecule has 214 valence electrons. The Morgan fingerprint density at radius 1 is 0.925 bits per heavy atom. The minimum absolute atomic E-state index is 0.0235. The molecule has 0 aliphatic heterocycles.